The third-order valence-electron chi connectivity index (χ3n) is 2.25. The maximum Gasteiger partial charge on any atom is 0.0757 e. The van der Waals surface area contributed by atoms with Crippen molar-refractivity contribution in [2.45, 2.75) is 6.61 Å². The summed E-state index contributed by atoms with van der Waals surface area (Å²) >= 11 is 11.8. The molecule has 2 aromatic rings. The lowest BCUT2D eigenvalue weighted by atomic mass is 10.1. The van der Waals surface area contributed by atoms with Crippen LogP contribution in [0.15, 0.2) is 36.5 Å². The molecule has 2 nitrogen and oxygen atoms in total. The first kappa shape index (κ1) is 11.4. The van der Waals surface area contributed by atoms with Crippen molar-refractivity contribution < 1.29 is 5.11 Å². The van der Waals surface area contributed by atoms with Gasteiger partial charge in [0, 0.05) is 17.3 Å². The van der Waals surface area contributed by atoms with E-state index in [2.05, 4.69) is 4.98 Å². The summed E-state index contributed by atoms with van der Waals surface area (Å²) in [6.45, 7) is -0.0522. The molecule has 0 fully saturated rings. The topological polar surface area (TPSA) is 33.1 Å². The number of benzene rings is 1. The molecule has 0 saturated heterocycles. The van der Waals surface area contributed by atoms with Crippen molar-refractivity contribution in [3.63, 3.8) is 0 Å². The largest absolute Gasteiger partial charge is 0.392 e. The number of hydrogen-bond acceptors (Lipinski definition) is 2. The molecule has 0 saturated carbocycles. The summed E-state index contributed by atoms with van der Waals surface area (Å²) in [7, 11) is 0. The van der Waals surface area contributed by atoms with Gasteiger partial charge in [-0.3, -0.25) is 4.98 Å². The fourth-order valence-corrected chi connectivity index (χ4v) is 1.77. The Bertz CT molecular complexity index is 514. The molecule has 1 aromatic heterocycles. The molecular weight excluding hydrogens is 245 g/mol. The molecule has 2 rings (SSSR count). The number of aliphatic hydroxyl groups excluding tert-OH is 1. The van der Waals surface area contributed by atoms with Crippen molar-refractivity contribution in [1.29, 1.82) is 0 Å². The van der Waals surface area contributed by atoms with Crippen LogP contribution in [0, 0.1) is 0 Å². The zero-order valence-electron chi connectivity index (χ0n) is 8.32. The minimum absolute atomic E-state index is 0.0522. The maximum atomic E-state index is 9.20. The number of nitrogens with zero attached hydrogens (tertiary/aromatic N) is 1. The van der Waals surface area contributed by atoms with E-state index in [1.807, 2.05) is 12.1 Å². The van der Waals surface area contributed by atoms with Crippen LogP contribution >= 0.6 is 23.2 Å². The van der Waals surface area contributed by atoms with Gasteiger partial charge in [0.2, 0.25) is 0 Å². The summed E-state index contributed by atoms with van der Waals surface area (Å²) in [5, 5.41) is 10.2. The lowest BCUT2D eigenvalue weighted by Gasteiger charge is -2.06. The molecule has 0 unspecified atom stereocenters. The highest BCUT2D eigenvalue weighted by Crippen LogP contribution is 2.29. The number of pyridine rings is 1. The van der Waals surface area contributed by atoms with Gasteiger partial charge >= 0.3 is 0 Å². The van der Waals surface area contributed by atoms with Gasteiger partial charge in [-0.05, 0) is 18.2 Å². The average molecular weight is 254 g/mol. The summed E-state index contributed by atoms with van der Waals surface area (Å²) in [5.74, 6) is 0. The summed E-state index contributed by atoms with van der Waals surface area (Å²) < 4.78 is 0. The minimum atomic E-state index is -0.0522. The van der Waals surface area contributed by atoms with Crippen LogP contribution < -0.4 is 0 Å². The molecule has 1 heterocycles. The van der Waals surface area contributed by atoms with Crippen LogP contribution in [0.2, 0.25) is 10.0 Å². The van der Waals surface area contributed by atoms with Crippen molar-refractivity contribution in [3.05, 3.63) is 52.1 Å². The van der Waals surface area contributed by atoms with Crippen molar-refractivity contribution >= 4 is 23.2 Å². The normalized spacial score (nSPS) is 10.4. The van der Waals surface area contributed by atoms with Crippen LogP contribution in [0.25, 0.3) is 11.3 Å². The van der Waals surface area contributed by atoms with Crippen molar-refractivity contribution in [2.24, 2.45) is 0 Å². The third kappa shape index (κ3) is 2.19. The van der Waals surface area contributed by atoms with E-state index in [0.717, 1.165) is 16.8 Å². The van der Waals surface area contributed by atoms with Gasteiger partial charge < -0.3 is 5.11 Å². The number of halogens is 2. The highest BCUT2D eigenvalue weighted by molar-refractivity contribution is 6.42. The Morgan fingerprint density at radius 2 is 1.94 bits per heavy atom. The Labute approximate surface area is 103 Å². The summed E-state index contributed by atoms with van der Waals surface area (Å²) in [6.07, 6.45) is 1.68. The fraction of sp³-hybridized carbons (Fsp3) is 0.0833. The average Bonchev–Trinajstić information content (AvgIpc) is 2.32. The van der Waals surface area contributed by atoms with Gasteiger partial charge in [-0.1, -0.05) is 35.3 Å². The third-order valence-corrected chi connectivity index (χ3v) is 2.99. The monoisotopic (exact) mass is 253 g/mol. The van der Waals surface area contributed by atoms with E-state index >= 15 is 0 Å². The highest BCUT2D eigenvalue weighted by atomic mass is 35.5. The van der Waals surface area contributed by atoms with Gasteiger partial charge in [0.1, 0.15) is 0 Å². The molecule has 0 bridgehead atoms. The number of hydrogen-bond donors (Lipinski definition) is 1. The van der Waals surface area contributed by atoms with Crippen LogP contribution in [0.1, 0.15) is 5.56 Å². The molecule has 82 valence electrons. The first-order valence-electron chi connectivity index (χ1n) is 4.72. The van der Waals surface area contributed by atoms with Crippen LogP contribution in [-0.2, 0) is 6.61 Å². The number of rotatable bonds is 2. The molecule has 0 spiro atoms. The van der Waals surface area contributed by atoms with Crippen LogP contribution in [0.3, 0.4) is 0 Å². The number of aliphatic hydroxyl groups is 1. The van der Waals surface area contributed by atoms with E-state index in [9.17, 15) is 5.11 Å². The molecule has 0 radical (unpaired) electrons. The molecule has 0 atom stereocenters. The van der Waals surface area contributed by atoms with Gasteiger partial charge in [-0.2, -0.15) is 0 Å². The van der Waals surface area contributed by atoms with E-state index < -0.39 is 0 Å². The molecule has 16 heavy (non-hydrogen) atoms. The molecule has 0 aliphatic rings. The first-order valence-corrected chi connectivity index (χ1v) is 5.48. The van der Waals surface area contributed by atoms with Crippen molar-refractivity contribution in [3.8, 4) is 11.3 Å². The Balaban J connectivity index is 2.54. The fourth-order valence-electron chi connectivity index (χ4n) is 1.47. The second-order valence-corrected chi connectivity index (χ2v) is 4.11. The van der Waals surface area contributed by atoms with E-state index in [-0.39, 0.29) is 6.61 Å². The lowest BCUT2D eigenvalue weighted by Crippen LogP contribution is -1.92. The van der Waals surface area contributed by atoms with Crippen molar-refractivity contribution in [2.75, 3.05) is 0 Å². The Morgan fingerprint density at radius 1 is 1.12 bits per heavy atom. The predicted molar refractivity (Wildman–Crippen MR) is 65.6 cm³/mol. The quantitative estimate of drug-likeness (QED) is 0.888. The van der Waals surface area contributed by atoms with E-state index in [4.69, 9.17) is 23.2 Å². The first-order chi connectivity index (χ1) is 7.72. The second kappa shape index (κ2) is 4.83. The standard InChI is InChI=1S/C12H9Cl2NO/c13-10-4-3-8(6-11(10)14)12-9(7-16)2-1-5-15-12/h1-6,16H,7H2. The second-order valence-electron chi connectivity index (χ2n) is 3.30. The molecule has 0 aliphatic heterocycles. The van der Waals surface area contributed by atoms with E-state index in [1.54, 1.807) is 24.4 Å². The maximum absolute atomic E-state index is 9.20. The molecule has 0 aliphatic carbocycles. The SMILES string of the molecule is OCc1cccnc1-c1ccc(Cl)c(Cl)c1. The van der Waals surface area contributed by atoms with Gasteiger partial charge in [0.15, 0.2) is 0 Å². The van der Waals surface area contributed by atoms with E-state index in [1.165, 1.54) is 0 Å². The van der Waals surface area contributed by atoms with Crippen molar-refractivity contribution in [1.82, 2.24) is 4.98 Å². The van der Waals surface area contributed by atoms with Gasteiger partial charge in [0.25, 0.3) is 0 Å². The Hall–Kier alpha value is -1.09. The summed E-state index contributed by atoms with van der Waals surface area (Å²) in [6, 6.07) is 8.90. The molecule has 4 heteroatoms. The van der Waals surface area contributed by atoms with Crippen LogP contribution in [-0.4, -0.2) is 10.1 Å². The smallest absolute Gasteiger partial charge is 0.0757 e. The van der Waals surface area contributed by atoms with E-state index in [0.29, 0.717) is 10.0 Å². The minimum Gasteiger partial charge on any atom is -0.392 e. The molecule has 1 N–H and O–H groups in total. The Kier molecular flexibility index (Phi) is 3.44. The zero-order valence-corrected chi connectivity index (χ0v) is 9.83. The summed E-state index contributed by atoms with van der Waals surface area (Å²) in [4.78, 5) is 4.23. The molecule has 0 amide bonds. The molecule has 1 aromatic carbocycles. The highest BCUT2D eigenvalue weighted by Gasteiger charge is 2.07. The zero-order chi connectivity index (χ0) is 11.5. The van der Waals surface area contributed by atoms with Crippen LogP contribution in [0.5, 0.6) is 0 Å². The molecular formula is C12H9Cl2NO. The number of aromatic nitrogens is 1. The Morgan fingerprint density at radius 3 is 2.62 bits per heavy atom. The predicted octanol–water partition coefficient (Wildman–Crippen LogP) is 3.55. The summed E-state index contributed by atoms with van der Waals surface area (Å²) in [5.41, 5.74) is 2.34. The van der Waals surface area contributed by atoms with Gasteiger partial charge in [0.05, 0.1) is 22.3 Å². The van der Waals surface area contributed by atoms with Crippen LogP contribution in [0.4, 0.5) is 0 Å². The lowest BCUT2D eigenvalue weighted by molar-refractivity contribution is 0.282. The van der Waals surface area contributed by atoms with Gasteiger partial charge in [-0.15, -0.1) is 0 Å². The van der Waals surface area contributed by atoms with Gasteiger partial charge in [-0.25, -0.2) is 0 Å².